The van der Waals surface area contributed by atoms with Gasteiger partial charge < -0.3 is 5.32 Å². The minimum absolute atomic E-state index is 0.129. The molecule has 0 atom stereocenters. The van der Waals surface area contributed by atoms with E-state index in [-0.39, 0.29) is 18.0 Å². The number of fused-ring (bicyclic) bond motifs is 1. The summed E-state index contributed by atoms with van der Waals surface area (Å²) in [6, 6.07) is 11.4. The lowest BCUT2D eigenvalue weighted by atomic mass is 9.99. The molecule has 7 heteroatoms. The molecule has 0 saturated heterocycles. The number of rotatable bonds is 4. The third-order valence-electron chi connectivity index (χ3n) is 5.02. The van der Waals surface area contributed by atoms with Crippen LogP contribution in [-0.2, 0) is 11.3 Å². The van der Waals surface area contributed by atoms with Crippen LogP contribution in [0.2, 0.25) is 5.02 Å². The first-order valence-electron chi connectivity index (χ1n) is 9.44. The molecule has 152 valence electrons. The Bertz CT molecular complexity index is 1340. The third kappa shape index (κ3) is 3.88. The van der Waals surface area contributed by atoms with Crippen LogP contribution in [0.5, 0.6) is 0 Å². The quantitative estimate of drug-likeness (QED) is 0.468. The molecular weight excluding hydrogens is 418 g/mol. The number of amides is 1. The molecule has 1 amide bonds. The van der Waals surface area contributed by atoms with Crippen molar-refractivity contribution in [2.24, 2.45) is 0 Å². The van der Waals surface area contributed by atoms with E-state index in [1.54, 1.807) is 12.1 Å². The van der Waals surface area contributed by atoms with Gasteiger partial charge in [0, 0.05) is 21.7 Å². The Balaban J connectivity index is 1.69. The number of hydrogen-bond acceptors (Lipinski definition) is 4. The van der Waals surface area contributed by atoms with Gasteiger partial charge in [0.25, 0.3) is 5.56 Å². The van der Waals surface area contributed by atoms with E-state index in [1.165, 1.54) is 27.8 Å². The topological polar surface area (TPSA) is 64.0 Å². The summed E-state index contributed by atoms with van der Waals surface area (Å²) in [6.07, 6.45) is 1.43. The number of anilines is 1. The molecule has 0 aliphatic rings. The predicted molar refractivity (Wildman–Crippen MR) is 124 cm³/mol. The molecule has 2 aromatic carbocycles. The van der Waals surface area contributed by atoms with Crippen molar-refractivity contribution < 1.29 is 4.79 Å². The van der Waals surface area contributed by atoms with Crippen molar-refractivity contribution in [1.82, 2.24) is 9.55 Å². The number of aryl methyl sites for hydroxylation is 3. The second kappa shape index (κ2) is 8.05. The van der Waals surface area contributed by atoms with Crippen molar-refractivity contribution >= 4 is 44.7 Å². The van der Waals surface area contributed by atoms with E-state index in [2.05, 4.69) is 16.4 Å². The SMILES string of the molecule is Cc1ccc(-c2csc3ncn(CC(=O)Nc4cc(Cl)ccc4C)c(=O)c23)c(C)c1. The molecule has 0 spiro atoms. The van der Waals surface area contributed by atoms with Gasteiger partial charge in [0.15, 0.2) is 0 Å². The van der Waals surface area contributed by atoms with Gasteiger partial charge >= 0.3 is 0 Å². The second-order valence-corrected chi connectivity index (χ2v) is 8.63. The van der Waals surface area contributed by atoms with Gasteiger partial charge in [-0.1, -0.05) is 41.4 Å². The lowest BCUT2D eigenvalue weighted by molar-refractivity contribution is -0.116. The highest BCUT2D eigenvalue weighted by molar-refractivity contribution is 7.17. The molecule has 0 saturated carbocycles. The molecular formula is C23H20ClN3O2S. The Labute approximate surface area is 183 Å². The Hall–Kier alpha value is -2.96. The fourth-order valence-electron chi connectivity index (χ4n) is 3.47. The first kappa shape index (κ1) is 20.3. The predicted octanol–water partition coefficient (Wildman–Crippen LogP) is 5.34. The molecule has 4 rings (SSSR count). The first-order chi connectivity index (χ1) is 14.3. The van der Waals surface area contributed by atoms with Gasteiger partial charge in [0.1, 0.15) is 11.4 Å². The number of carbonyl (C=O) groups is 1. The van der Waals surface area contributed by atoms with E-state index < -0.39 is 0 Å². The molecule has 2 aromatic heterocycles. The number of nitrogens with one attached hydrogen (secondary N) is 1. The summed E-state index contributed by atoms with van der Waals surface area (Å²) in [4.78, 5) is 30.9. The highest BCUT2D eigenvalue weighted by Crippen LogP contribution is 2.33. The number of nitrogens with zero attached hydrogens (tertiary/aromatic N) is 2. The van der Waals surface area contributed by atoms with Crippen LogP contribution in [0.3, 0.4) is 0 Å². The molecule has 4 aromatic rings. The van der Waals surface area contributed by atoms with Gasteiger partial charge in [-0.2, -0.15) is 0 Å². The number of hydrogen-bond donors (Lipinski definition) is 1. The Morgan fingerprint density at radius 2 is 1.90 bits per heavy atom. The van der Waals surface area contributed by atoms with E-state index in [4.69, 9.17) is 11.6 Å². The standard InChI is InChI=1S/C23H20ClN3O2S/c1-13-4-7-17(15(3)8-13)18-11-30-22-21(18)23(29)27(12-25-22)10-20(28)26-19-9-16(24)6-5-14(19)2/h4-9,11-12H,10H2,1-3H3,(H,26,28). The minimum Gasteiger partial charge on any atom is -0.324 e. The van der Waals surface area contributed by atoms with E-state index >= 15 is 0 Å². The zero-order chi connectivity index (χ0) is 21.4. The smallest absolute Gasteiger partial charge is 0.263 e. The van der Waals surface area contributed by atoms with Crippen molar-refractivity contribution in [3.8, 4) is 11.1 Å². The summed E-state index contributed by atoms with van der Waals surface area (Å²) in [5, 5.41) is 5.85. The zero-order valence-corrected chi connectivity index (χ0v) is 18.4. The molecule has 30 heavy (non-hydrogen) atoms. The monoisotopic (exact) mass is 437 g/mol. The molecule has 0 radical (unpaired) electrons. The molecule has 0 unspecified atom stereocenters. The highest BCUT2D eigenvalue weighted by Gasteiger charge is 2.16. The van der Waals surface area contributed by atoms with Crippen LogP contribution in [0.25, 0.3) is 21.3 Å². The van der Waals surface area contributed by atoms with Crippen molar-refractivity contribution in [2.45, 2.75) is 27.3 Å². The molecule has 5 nitrogen and oxygen atoms in total. The van der Waals surface area contributed by atoms with Gasteiger partial charge in [0.2, 0.25) is 5.91 Å². The third-order valence-corrected chi connectivity index (χ3v) is 6.14. The van der Waals surface area contributed by atoms with Crippen LogP contribution < -0.4 is 10.9 Å². The average Bonchev–Trinajstić information content (AvgIpc) is 3.11. The number of thiophene rings is 1. The van der Waals surface area contributed by atoms with E-state index in [9.17, 15) is 9.59 Å². The first-order valence-corrected chi connectivity index (χ1v) is 10.7. The number of halogens is 1. The maximum absolute atomic E-state index is 13.2. The van der Waals surface area contributed by atoms with Crippen molar-refractivity contribution in [1.29, 1.82) is 0 Å². The molecule has 0 aliphatic carbocycles. The van der Waals surface area contributed by atoms with Gasteiger partial charge in [-0.05, 0) is 49.6 Å². The van der Waals surface area contributed by atoms with Crippen molar-refractivity contribution in [3.05, 3.63) is 80.2 Å². The van der Waals surface area contributed by atoms with Gasteiger partial charge in [0.05, 0.1) is 11.7 Å². The lowest BCUT2D eigenvalue weighted by Crippen LogP contribution is -2.28. The number of carbonyl (C=O) groups excluding carboxylic acids is 1. The van der Waals surface area contributed by atoms with Crippen molar-refractivity contribution in [3.63, 3.8) is 0 Å². The van der Waals surface area contributed by atoms with Crippen LogP contribution in [0.1, 0.15) is 16.7 Å². The number of aromatic nitrogens is 2. The van der Waals surface area contributed by atoms with Crippen LogP contribution >= 0.6 is 22.9 Å². The van der Waals surface area contributed by atoms with Gasteiger partial charge in [-0.15, -0.1) is 11.3 Å². The number of benzene rings is 2. The van der Waals surface area contributed by atoms with Crippen LogP contribution in [-0.4, -0.2) is 15.5 Å². The van der Waals surface area contributed by atoms with E-state index in [0.717, 1.165) is 22.3 Å². The summed E-state index contributed by atoms with van der Waals surface area (Å²) >= 11 is 7.45. The van der Waals surface area contributed by atoms with Crippen LogP contribution in [0.15, 0.2) is 52.9 Å². The van der Waals surface area contributed by atoms with Crippen molar-refractivity contribution in [2.75, 3.05) is 5.32 Å². The molecule has 0 aliphatic heterocycles. The summed E-state index contributed by atoms with van der Waals surface area (Å²) in [5.74, 6) is -0.313. The van der Waals surface area contributed by atoms with E-state index in [0.29, 0.717) is 20.9 Å². The fourth-order valence-corrected chi connectivity index (χ4v) is 4.54. The maximum atomic E-state index is 13.2. The van der Waals surface area contributed by atoms with Crippen LogP contribution in [0, 0.1) is 20.8 Å². The minimum atomic E-state index is -0.313. The van der Waals surface area contributed by atoms with Gasteiger partial charge in [-0.3, -0.25) is 14.2 Å². The molecule has 0 fully saturated rings. The Kier molecular flexibility index (Phi) is 5.45. The summed E-state index contributed by atoms with van der Waals surface area (Å²) < 4.78 is 1.34. The summed E-state index contributed by atoms with van der Waals surface area (Å²) in [7, 11) is 0. The largest absolute Gasteiger partial charge is 0.324 e. The molecule has 1 N–H and O–H groups in total. The summed E-state index contributed by atoms with van der Waals surface area (Å²) in [6.45, 7) is 5.82. The maximum Gasteiger partial charge on any atom is 0.263 e. The fraction of sp³-hybridized carbons (Fsp3) is 0.174. The lowest BCUT2D eigenvalue weighted by Gasteiger charge is -2.10. The van der Waals surface area contributed by atoms with Gasteiger partial charge in [-0.25, -0.2) is 4.98 Å². The zero-order valence-electron chi connectivity index (χ0n) is 16.8. The molecule has 2 heterocycles. The Morgan fingerprint density at radius 1 is 1.10 bits per heavy atom. The van der Waals surface area contributed by atoms with Crippen LogP contribution in [0.4, 0.5) is 5.69 Å². The summed E-state index contributed by atoms with van der Waals surface area (Å²) in [5.41, 5.74) is 5.41. The second-order valence-electron chi connectivity index (χ2n) is 7.33. The Morgan fingerprint density at radius 3 is 2.67 bits per heavy atom. The van der Waals surface area contributed by atoms with E-state index in [1.807, 2.05) is 44.4 Å². The highest BCUT2D eigenvalue weighted by atomic mass is 35.5. The normalized spacial score (nSPS) is 11.1. The molecule has 0 bridgehead atoms. The average molecular weight is 438 g/mol.